The average molecular weight is 546 g/mol. The second-order valence-corrected chi connectivity index (χ2v) is 11.9. The Bertz CT molecular complexity index is 1290. The van der Waals surface area contributed by atoms with Crippen molar-refractivity contribution >= 4 is 27.5 Å². The third-order valence-electron chi connectivity index (χ3n) is 6.83. The molecule has 2 aromatic rings. The molecule has 2 heterocycles. The van der Waals surface area contributed by atoms with Crippen molar-refractivity contribution in [2.75, 3.05) is 51.9 Å². The predicted octanol–water partition coefficient (Wildman–Crippen LogP) is 2.45. The summed E-state index contributed by atoms with van der Waals surface area (Å²) >= 11 is 0. The zero-order valence-corrected chi connectivity index (χ0v) is 23.0. The molecule has 2 aliphatic rings. The maximum Gasteiger partial charge on any atom is 0.265 e. The van der Waals surface area contributed by atoms with E-state index in [1.54, 1.807) is 26.4 Å². The highest BCUT2D eigenvalue weighted by Crippen LogP contribution is 2.36. The van der Waals surface area contributed by atoms with Crippen molar-refractivity contribution < 1.29 is 32.2 Å². The molecule has 1 fully saturated rings. The first-order valence-electron chi connectivity index (χ1n) is 12.7. The zero-order chi connectivity index (χ0) is 27.4. The summed E-state index contributed by atoms with van der Waals surface area (Å²) in [6.45, 7) is 4.86. The van der Waals surface area contributed by atoms with E-state index in [4.69, 9.17) is 14.2 Å². The molecule has 2 aromatic carbocycles. The highest BCUT2D eigenvalue weighted by Gasteiger charge is 2.34. The van der Waals surface area contributed by atoms with Gasteiger partial charge in [-0.15, -0.1) is 0 Å². The number of methoxy groups -OCH3 is 2. The van der Waals surface area contributed by atoms with Gasteiger partial charge in [0.2, 0.25) is 15.9 Å². The lowest BCUT2D eigenvalue weighted by molar-refractivity contribution is -0.125. The number of benzene rings is 2. The van der Waals surface area contributed by atoms with Gasteiger partial charge < -0.3 is 19.5 Å². The van der Waals surface area contributed by atoms with Crippen molar-refractivity contribution in [3.05, 3.63) is 42.0 Å². The molecule has 38 heavy (non-hydrogen) atoms. The first-order valence-corrected chi connectivity index (χ1v) is 14.1. The van der Waals surface area contributed by atoms with E-state index < -0.39 is 15.9 Å². The Morgan fingerprint density at radius 2 is 1.76 bits per heavy atom. The maximum absolute atomic E-state index is 13.4. The van der Waals surface area contributed by atoms with Gasteiger partial charge in [0.1, 0.15) is 12.3 Å². The van der Waals surface area contributed by atoms with Gasteiger partial charge in [-0.3, -0.25) is 14.5 Å². The molecule has 2 aliphatic heterocycles. The number of rotatable bonds is 9. The van der Waals surface area contributed by atoms with Crippen molar-refractivity contribution in [1.29, 1.82) is 0 Å². The summed E-state index contributed by atoms with van der Waals surface area (Å²) in [4.78, 5) is 26.8. The first-order chi connectivity index (χ1) is 18.1. The topological polar surface area (TPSA) is 114 Å². The van der Waals surface area contributed by atoms with Crippen LogP contribution in [0, 0.1) is 11.8 Å². The van der Waals surface area contributed by atoms with E-state index in [2.05, 4.69) is 5.32 Å². The second-order valence-electron chi connectivity index (χ2n) is 9.96. The van der Waals surface area contributed by atoms with Crippen LogP contribution in [0.5, 0.6) is 17.2 Å². The fourth-order valence-corrected chi connectivity index (χ4v) is 6.75. The number of amides is 2. The normalized spacial score (nSPS) is 19.9. The fourth-order valence-electron chi connectivity index (χ4n) is 5.05. The van der Waals surface area contributed by atoms with Crippen molar-refractivity contribution in [2.45, 2.75) is 31.6 Å². The summed E-state index contributed by atoms with van der Waals surface area (Å²) in [6.07, 6.45) is 1.53. The van der Waals surface area contributed by atoms with Gasteiger partial charge in [-0.05, 0) is 60.6 Å². The fraction of sp³-hybridized carbons (Fsp3) is 0.481. The summed E-state index contributed by atoms with van der Waals surface area (Å²) in [5, 5.41) is 2.83. The summed E-state index contributed by atoms with van der Waals surface area (Å²) in [6, 6.07) is 10.0. The molecular formula is C27H35N3O7S. The van der Waals surface area contributed by atoms with E-state index in [-0.39, 0.29) is 41.5 Å². The number of carbonyl (C=O) groups excluding carboxylic acids is 2. The van der Waals surface area contributed by atoms with Crippen molar-refractivity contribution in [3.8, 4) is 17.2 Å². The van der Waals surface area contributed by atoms with Crippen LogP contribution in [0.25, 0.3) is 0 Å². The molecule has 0 spiro atoms. The van der Waals surface area contributed by atoms with Crippen LogP contribution < -0.4 is 24.4 Å². The Labute approximate surface area is 223 Å². The van der Waals surface area contributed by atoms with E-state index in [1.165, 1.54) is 21.3 Å². The number of fused-ring (bicyclic) bond motifs is 1. The summed E-state index contributed by atoms with van der Waals surface area (Å²) in [7, 11) is -0.641. The lowest BCUT2D eigenvalue weighted by Gasteiger charge is -2.34. The molecule has 1 N–H and O–H groups in total. The molecule has 11 heteroatoms. The van der Waals surface area contributed by atoms with Gasteiger partial charge in [0.25, 0.3) is 5.91 Å². The highest BCUT2D eigenvalue weighted by atomic mass is 32.2. The Balaban J connectivity index is 1.45. The minimum absolute atomic E-state index is 0.0784. The molecule has 1 saturated heterocycles. The summed E-state index contributed by atoms with van der Waals surface area (Å²) < 4.78 is 44.4. The second kappa shape index (κ2) is 11.6. The molecule has 4 rings (SSSR count). The standard InChI is InChI=1S/C27H35N3O7S/c1-18-11-19(2)15-29(14-18)38(33,34)21-6-8-23-22(13-21)30(27(32)17-37-23)16-26(31)28-10-9-20-5-7-24(35-3)25(12-20)36-4/h5-8,12-13,18-19H,9-11,14-17H2,1-4H3,(H,28,31)/t18-,19+. The van der Waals surface area contributed by atoms with Crippen LogP contribution in [0.4, 0.5) is 5.69 Å². The van der Waals surface area contributed by atoms with Crippen molar-refractivity contribution in [2.24, 2.45) is 11.8 Å². The number of nitrogens with zero attached hydrogens (tertiary/aromatic N) is 2. The van der Waals surface area contributed by atoms with Gasteiger partial charge in [0, 0.05) is 19.6 Å². The molecule has 10 nitrogen and oxygen atoms in total. The number of hydrogen-bond acceptors (Lipinski definition) is 7. The number of nitrogens with one attached hydrogen (secondary N) is 1. The van der Waals surface area contributed by atoms with Crippen LogP contribution in [0.3, 0.4) is 0 Å². The predicted molar refractivity (Wildman–Crippen MR) is 142 cm³/mol. The van der Waals surface area contributed by atoms with Gasteiger partial charge in [-0.1, -0.05) is 19.9 Å². The molecule has 2 atom stereocenters. The van der Waals surface area contributed by atoms with Crippen LogP contribution in [-0.4, -0.2) is 71.5 Å². The van der Waals surface area contributed by atoms with E-state index in [0.29, 0.717) is 43.3 Å². The highest BCUT2D eigenvalue weighted by molar-refractivity contribution is 7.89. The lowest BCUT2D eigenvalue weighted by atomic mass is 9.94. The van der Waals surface area contributed by atoms with E-state index in [1.807, 2.05) is 26.0 Å². The summed E-state index contributed by atoms with van der Waals surface area (Å²) in [5.74, 6) is 1.33. The van der Waals surface area contributed by atoms with Gasteiger partial charge in [0.15, 0.2) is 18.1 Å². The quantitative estimate of drug-likeness (QED) is 0.515. The number of piperidine rings is 1. The third-order valence-corrected chi connectivity index (χ3v) is 8.66. The Hall–Kier alpha value is -3.31. The molecule has 0 aromatic heterocycles. The Morgan fingerprint density at radius 1 is 1.05 bits per heavy atom. The number of sulfonamides is 1. The number of anilines is 1. The molecule has 206 valence electrons. The van der Waals surface area contributed by atoms with Crippen LogP contribution >= 0.6 is 0 Å². The van der Waals surface area contributed by atoms with Crippen LogP contribution in [-0.2, 0) is 26.0 Å². The van der Waals surface area contributed by atoms with Crippen molar-refractivity contribution in [1.82, 2.24) is 9.62 Å². The van der Waals surface area contributed by atoms with Gasteiger partial charge in [0.05, 0.1) is 24.8 Å². The smallest absolute Gasteiger partial charge is 0.265 e. The lowest BCUT2D eigenvalue weighted by Crippen LogP contribution is -2.45. The third kappa shape index (κ3) is 6.05. The van der Waals surface area contributed by atoms with Gasteiger partial charge >= 0.3 is 0 Å². The van der Waals surface area contributed by atoms with E-state index in [9.17, 15) is 18.0 Å². The van der Waals surface area contributed by atoms with Crippen LogP contribution in [0.1, 0.15) is 25.8 Å². The minimum atomic E-state index is -3.77. The molecule has 0 unspecified atom stereocenters. The number of carbonyl (C=O) groups is 2. The minimum Gasteiger partial charge on any atom is -0.493 e. The zero-order valence-electron chi connectivity index (χ0n) is 22.2. The monoisotopic (exact) mass is 545 g/mol. The molecule has 0 saturated carbocycles. The maximum atomic E-state index is 13.4. The summed E-state index contributed by atoms with van der Waals surface area (Å²) in [5.41, 5.74) is 1.22. The Kier molecular flexibility index (Phi) is 8.47. The van der Waals surface area contributed by atoms with E-state index >= 15 is 0 Å². The molecular weight excluding hydrogens is 510 g/mol. The van der Waals surface area contributed by atoms with Crippen LogP contribution in [0.2, 0.25) is 0 Å². The average Bonchev–Trinajstić information content (AvgIpc) is 2.89. The van der Waals surface area contributed by atoms with Gasteiger partial charge in [-0.25, -0.2) is 8.42 Å². The first kappa shape index (κ1) is 27.7. The van der Waals surface area contributed by atoms with Gasteiger partial charge in [-0.2, -0.15) is 4.31 Å². The van der Waals surface area contributed by atoms with Crippen LogP contribution in [0.15, 0.2) is 41.3 Å². The number of hydrogen-bond donors (Lipinski definition) is 1. The largest absolute Gasteiger partial charge is 0.493 e. The SMILES string of the molecule is COc1ccc(CCNC(=O)CN2C(=O)COc3ccc(S(=O)(=O)N4C[C@H](C)C[C@H](C)C4)cc32)cc1OC. The molecule has 0 bridgehead atoms. The molecule has 0 radical (unpaired) electrons. The van der Waals surface area contributed by atoms with E-state index in [0.717, 1.165) is 12.0 Å². The van der Waals surface area contributed by atoms with Crippen molar-refractivity contribution in [3.63, 3.8) is 0 Å². The Morgan fingerprint density at radius 3 is 2.45 bits per heavy atom. The number of ether oxygens (including phenoxy) is 3. The molecule has 2 amide bonds. The molecule has 0 aliphatic carbocycles.